The molecule has 1 heterocycles. The van der Waals surface area contributed by atoms with Crippen LogP contribution in [0.2, 0.25) is 0 Å². The summed E-state index contributed by atoms with van der Waals surface area (Å²) in [5.74, 6) is 6.55. The predicted octanol–water partition coefficient (Wildman–Crippen LogP) is 1.20. The van der Waals surface area contributed by atoms with Gasteiger partial charge in [0.25, 0.3) is 0 Å². The van der Waals surface area contributed by atoms with Gasteiger partial charge < -0.3 is 10.8 Å². The minimum absolute atomic E-state index is 0.326. The zero-order chi connectivity index (χ0) is 13.5. The van der Waals surface area contributed by atoms with Crippen LogP contribution < -0.4 is 5.73 Å². The van der Waals surface area contributed by atoms with Gasteiger partial charge >= 0.3 is 0 Å². The lowest BCUT2D eigenvalue weighted by Gasteiger charge is -2.31. The molecule has 1 saturated heterocycles. The SMILES string of the molecule is NCC#Cc1ccccc1CN1CCC(CO)CC1. The minimum atomic E-state index is 0.326. The number of nitrogens with two attached hydrogens (primary N) is 1. The molecular formula is C16H22N2O. The number of hydrogen-bond acceptors (Lipinski definition) is 3. The van der Waals surface area contributed by atoms with Crippen LogP contribution in [0.25, 0.3) is 0 Å². The van der Waals surface area contributed by atoms with E-state index in [-0.39, 0.29) is 0 Å². The fourth-order valence-electron chi connectivity index (χ4n) is 2.49. The molecular weight excluding hydrogens is 236 g/mol. The molecule has 1 aliphatic heterocycles. The van der Waals surface area contributed by atoms with Gasteiger partial charge in [-0.2, -0.15) is 0 Å². The number of hydrogen-bond donors (Lipinski definition) is 2. The Morgan fingerprint density at radius 2 is 2.00 bits per heavy atom. The Balaban J connectivity index is 1.99. The van der Waals surface area contributed by atoms with E-state index in [1.807, 2.05) is 6.07 Å². The molecule has 2 rings (SSSR count). The van der Waals surface area contributed by atoms with Crippen molar-refractivity contribution in [1.82, 2.24) is 4.90 Å². The van der Waals surface area contributed by atoms with Crippen molar-refractivity contribution in [3.63, 3.8) is 0 Å². The third kappa shape index (κ3) is 4.07. The highest BCUT2D eigenvalue weighted by Crippen LogP contribution is 2.19. The third-order valence-corrected chi connectivity index (χ3v) is 3.70. The Hall–Kier alpha value is -1.34. The number of aliphatic hydroxyl groups excluding tert-OH is 1. The van der Waals surface area contributed by atoms with E-state index in [9.17, 15) is 0 Å². The zero-order valence-electron chi connectivity index (χ0n) is 11.3. The van der Waals surface area contributed by atoms with Crippen LogP contribution in [0.1, 0.15) is 24.0 Å². The first kappa shape index (κ1) is 14.1. The van der Waals surface area contributed by atoms with E-state index in [1.165, 1.54) is 5.56 Å². The Kier molecular flexibility index (Phi) is 5.41. The Morgan fingerprint density at radius 3 is 2.68 bits per heavy atom. The van der Waals surface area contributed by atoms with Gasteiger partial charge in [-0.1, -0.05) is 30.0 Å². The summed E-state index contributed by atoms with van der Waals surface area (Å²) >= 11 is 0. The first-order chi connectivity index (χ1) is 9.33. The second kappa shape index (κ2) is 7.30. The number of aliphatic hydroxyl groups is 1. The lowest BCUT2D eigenvalue weighted by molar-refractivity contribution is 0.127. The molecule has 0 radical (unpaired) electrons. The van der Waals surface area contributed by atoms with Gasteiger partial charge in [-0.3, -0.25) is 4.90 Å². The zero-order valence-corrected chi connectivity index (χ0v) is 11.3. The quantitative estimate of drug-likeness (QED) is 0.801. The van der Waals surface area contributed by atoms with Crippen LogP contribution >= 0.6 is 0 Å². The highest BCUT2D eigenvalue weighted by Gasteiger charge is 2.18. The van der Waals surface area contributed by atoms with Crippen LogP contribution in [0, 0.1) is 17.8 Å². The summed E-state index contributed by atoms with van der Waals surface area (Å²) in [7, 11) is 0. The molecule has 1 aromatic rings. The van der Waals surface area contributed by atoms with E-state index < -0.39 is 0 Å². The van der Waals surface area contributed by atoms with E-state index in [1.54, 1.807) is 0 Å². The van der Waals surface area contributed by atoms with Gasteiger partial charge in [0.2, 0.25) is 0 Å². The molecule has 0 unspecified atom stereocenters. The molecule has 0 aromatic heterocycles. The molecule has 0 bridgehead atoms. The molecule has 102 valence electrons. The van der Waals surface area contributed by atoms with E-state index in [4.69, 9.17) is 10.8 Å². The van der Waals surface area contributed by atoms with Crippen molar-refractivity contribution in [3.05, 3.63) is 35.4 Å². The van der Waals surface area contributed by atoms with Gasteiger partial charge in [-0.05, 0) is 43.5 Å². The summed E-state index contributed by atoms with van der Waals surface area (Å²) < 4.78 is 0. The number of piperidine rings is 1. The van der Waals surface area contributed by atoms with Gasteiger partial charge in [0, 0.05) is 18.7 Å². The molecule has 3 N–H and O–H groups in total. The summed E-state index contributed by atoms with van der Waals surface area (Å²) in [6.07, 6.45) is 2.18. The maximum absolute atomic E-state index is 9.16. The van der Waals surface area contributed by atoms with Gasteiger partial charge in [-0.25, -0.2) is 0 Å². The van der Waals surface area contributed by atoms with E-state index in [0.717, 1.165) is 38.0 Å². The van der Waals surface area contributed by atoms with E-state index in [0.29, 0.717) is 19.1 Å². The normalized spacial score (nSPS) is 16.9. The second-order valence-corrected chi connectivity index (χ2v) is 5.07. The van der Waals surface area contributed by atoms with Crippen LogP contribution in [-0.4, -0.2) is 36.2 Å². The van der Waals surface area contributed by atoms with Crippen molar-refractivity contribution in [1.29, 1.82) is 0 Å². The third-order valence-electron chi connectivity index (χ3n) is 3.70. The molecule has 0 aliphatic carbocycles. The maximum atomic E-state index is 9.16. The van der Waals surface area contributed by atoms with Crippen LogP contribution in [-0.2, 0) is 6.54 Å². The average Bonchev–Trinajstić information content (AvgIpc) is 2.47. The monoisotopic (exact) mass is 258 g/mol. The van der Waals surface area contributed by atoms with Crippen molar-refractivity contribution in [2.45, 2.75) is 19.4 Å². The maximum Gasteiger partial charge on any atom is 0.0555 e. The highest BCUT2D eigenvalue weighted by molar-refractivity contribution is 5.41. The smallest absolute Gasteiger partial charge is 0.0555 e. The van der Waals surface area contributed by atoms with Crippen molar-refractivity contribution in [2.24, 2.45) is 11.7 Å². The average molecular weight is 258 g/mol. The molecule has 3 nitrogen and oxygen atoms in total. The summed E-state index contributed by atoms with van der Waals surface area (Å²) in [6, 6.07) is 8.27. The Bertz CT molecular complexity index is 453. The fraction of sp³-hybridized carbons (Fsp3) is 0.500. The van der Waals surface area contributed by atoms with Crippen molar-refractivity contribution >= 4 is 0 Å². The molecule has 0 amide bonds. The summed E-state index contributed by atoms with van der Waals surface area (Å²) in [5.41, 5.74) is 7.78. The summed E-state index contributed by atoms with van der Waals surface area (Å²) in [5, 5.41) is 9.16. The van der Waals surface area contributed by atoms with Crippen LogP contribution in [0.3, 0.4) is 0 Å². The number of rotatable bonds is 3. The molecule has 0 atom stereocenters. The molecule has 1 fully saturated rings. The highest BCUT2D eigenvalue weighted by atomic mass is 16.3. The minimum Gasteiger partial charge on any atom is -0.396 e. The number of likely N-dealkylation sites (tertiary alicyclic amines) is 1. The lowest BCUT2D eigenvalue weighted by atomic mass is 9.97. The van der Waals surface area contributed by atoms with Crippen LogP contribution in [0.4, 0.5) is 0 Å². The second-order valence-electron chi connectivity index (χ2n) is 5.07. The van der Waals surface area contributed by atoms with Crippen molar-refractivity contribution < 1.29 is 5.11 Å². The number of nitrogens with zero attached hydrogens (tertiary/aromatic N) is 1. The summed E-state index contributed by atoms with van der Waals surface area (Å²) in [4.78, 5) is 2.44. The Labute approximate surface area is 115 Å². The molecule has 0 saturated carbocycles. The fourth-order valence-corrected chi connectivity index (χ4v) is 2.49. The van der Waals surface area contributed by atoms with Crippen LogP contribution in [0.5, 0.6) is 0 Å². The first-order valence-electron chi connectivity index (χ1n) is 6.93. The molecule has 1 aliphatic rings. The van der Waals surface area contributed by atoms with Gasteiger partial charge in [0.15, 0.2) is 0 Å². The standard InChI is InChI=1S/C16H22N2O/c17-9-3-6-15-4-1-2-5-16(15)12-18-10-7-14(13-19)8-11-18/h1-2,4-5,14,19H,7-13,17H2. The number of benzene rings is 1. The lowest BCUT2D eigenvalue weighted by Crippen LogP contribution is -2.34. The Morgan fingerprint density at radius 1 is 1.26 bits per heavy atom. The van der Waals surface area contributed by atoms with Gasteiger partial charge in [0.1, 0.15) is 0 Å². The molecule has 0 spiro atoms. The topological polar surface area (TPSA) is 49.5 Å². The van der Waals surface area contributed by atoms with E-state index >= 15 is 0 Å². The molecule has 1 aromatic carbocycles. The summed E-state index contributed by atoms with van der Waals surface area (Å²) in [6.45, 7) is 3.78. The predicted molar refractivity (Wildman–Crippen MR) is 77.5 cm³/mol. The van der Waals surface area contributed by atoms with Crippen molar-refractivity contribution in [3.8, 4) is 11.8 Å². The van der Waals surface area contributed by atoms with Crippen molar-refractivity contribution in [2.75, 3.05) is 26.2 Å². The van der Waals surface area contributed by atoms with E-state index in [2.05, 4.69) is 34.9 Å². The van der Waals surface area contributed by atoms with Crippen LogP contribution in [0.15, 0.2) is 24.3 Å². The molecule has 19 heavy (non-hydrogen) atoms. The van der Waals surface area contributed by atoms with Gasteiger partial charge in [0.05, 0.1) is 6.54 Å². The van der Waals surface area contributed by atoms with Gasteiger partial charge in [-0.15, -0.1) is 0 Å². The molecule has 3 heteroatoms. The first-order valence-corrected chi connectivity index (χ1v) is 6.93. The largest absolute Gasteiger partial charge is 0.396 e.